The SMILES string of the molecule is C[C@H]1CCc2c(cn(C)c2C(=O)Nc2ccc(F)c(C#N)c2)S(=O)(=O)N1. The van der Waals surface area contributed by atoms with E-state index in [9.17, 15) is 17.6 Å². The zero-order valence-corrected chi connectivity index (χ0v) is 15.0. The van der Waals surface area contributed by atoms with Crippen LogP contribution in [-0.4, -0.2) is 24.9 Å². The van der Waals surface area contributed by atoms with E-state index in [1.165, 1.54) is 22.9 Å². The van der Waals surface area contributed by atoms with Gasteiger partial charge in [0.2, 0.25) is 10.0 Å². The van der Waals surface area contributed by atoms with Gasteiger partial charge >= 0.3 is 0 Å². The summed E-state index contributed by atoms with van der Waals surface area (Å²) < 4.78 is 42.3. The topological polar surface area (TPSA) is 104 Å². The molecule has 1 aliphatic heterocycles. The van der Waals surface area contributed by atoms with Crippen molar-refractivity contribution in [2.75, 3.05) is 5.32 Å². The predicted octanol–water partition coefficient (Wildman–Crippen LogP) is 1.90. The molecule has 2 heterocycles. The molecule has 1 atom stereocenters. The van der Waals surface area contributed by atoms with Gasteiger partial charge in [0.05, 0.1) is 5.56 Å². The molecule has 2 N–H and O–H groups in total. The Balaban J connectivity index is 1.99. The molecule has 1 amide bonds. The highest BCUT2D eigenvalue weighted by atomic mass is 32.2. The van der Waals surface area contributed by atoms with Crippen LogP contribution in [0.15, 0.2) is 29.3 Å². The molecule has 0 saturated heterocycles. The van der Waals surface area contributed by atoms with Crippen LogP contribution < -0.4 is 10.0 Å². The van der Waals surface area contributed by atoms with Gasteiger partial charge in [-0.15, -0.1) is 0 Å². The van der Waals surface area contributed by atoms with Crippen LogP contribution in [-0.2, 0) is 23.5 Å². The van der Waals surface area contributed by atoms with Gasteiger partial charge in [-0.2, -0.15) is 5.26 Å². The third-order valence-corrected chi connectivity index (χ3v) is 5.92. The van der Waals surface area contributed by atoms with Gasteiger partial charge < -0.3 is 9.88 Å². The second-order valence-electron chi connectivity index (χ2n) is 6.25. The molecule has 9 heteroatoms. The number of rotatable bonds is 2. The summed E-state index contributed by atoms with van der Waals surface area (Å²) in [6.45, 7) is 1.77. The molecule has 0 saturated carbocycles. The molecular weight excluding hydrogens is 359 g/mol. The molecule has 1 aliphatic rings. The largest absolute Gasteiger partial charge is 0.345 e. The minimum Gasteiger partial charge on any atom is -0.345 e. The lowest BCUT2D eigenvalue weighted by atomic mass is 10.1. The standard InChI is InChI=1S/C17H17FN4O3S/c1-10-3-5-13-15(26(24,25)21-10)9-22(2)16(13)17(23)20-12-4-6-14(18)11(7-12)8-19/h4,6-7,9-10,21H,3,5H2,1-2H3,(H,20,23)/t10-/m0/s1. The second kappa shape index (κ2) is 6.55. The number of fused-ring (bicyclic) bond motifs is 1. The number of carbonyl (C=O) groups is 1. The number of anilines is 1. The van der Waals surface area contributed by atoms with Crippen molar-refractivity contribution in [1.29, 1.82) is 5.26 Å². The third-order valence-electron chi connectivity index (χ3n) is 4.28. The van der Waals surface area contributed by atoms with Crippen LogP contribution in [0.4, 0.5) is 10.1 Å². The van der Waals surface area contributed by atoms with Gasteiger partial charge in [-0.05, 0) is 38.0 Å². The van der Waals surface area contributed by atoms with Crippen LogP contribution >= 0.6 is 0 Å². The van der Waals surface area contributed by atoms with E-state index in [4.69, 9.17) is 5.26 Å². The molecule has 136 valence electrons. The molecule has 26 heavy (non-hydrogen) atoms. The van der Waals surface area contributed by atoms with Gasteiger partial charge in [0.1, 0.15) is 22.5 Å². The number of sulfonamides is 1. The highest BCUT2D eigenvalue weighted by Crippen LogP contribution is 2.28. The van der Waals surface area contributed by atoms with Gasteiger partial charge in [0.25, 0.3) is 5.91 Å². The van der Waals surface area contributed by atoms with Gasteiger partial charge in [0, 0.05) is 30.5 Å². The van der Waals surface area contributed by atoms with Gasteiger partial charge in [-0.25, -0.2) is 17.5 Å². The first kappa shape index (κ1) is 18.1. The fourth-order valence-corrected chi connectivity index (χ4v) is 4.64. The number of amides is 1. The summed E-state index contributed by atoms with van der Waals surface area (Å²) in [6, 6.07) is 5.14. The van der Waals surface area contributed by atoms with Crippen molar-refractivity contribution >= 4 is 21.6 Å². The molecule has 0 fully saturated rings. The molecule has 2 aromatic rings. The first-order valence-electron chi connectivity index (χ1n) is 7.94. The summed E-state index contributed by atoms with van der Waals surface area (Å²) >= 11 is 0. The number of nitrogens with one attached hydrogen (secondary N) is 2. The van der Waals surface area contributed by atoms with Gasteiger partial charge in [0.15, 0.2) is 0 Å². The summed E-state index contributed by atoms with van der Waals surface area (Å²) in [5, 5.41) is 11.5. The zero-order valence-electron chi connectivity index (χ0n) is 14.2. The van der Waals surface area contributed by atoms with Crippen LogP contribution in [0.2, 0.25) is 0 Å². The van der Waals surface area contributed by atoms with Gasteiger partial charge in [-0.3, -0.25) is 4.79 Å². The van der Waals surface area contributed by atoms with Crippen molar-refractivity contribution in [2.24, 2.45) is 7.05 Å². The minimum atomic E-state index is -3.70. The Kier molecular flexibility index (Phi) is 4.56. The molecule has 0 spiro atoms. The number of carbonyl (C=O) groups excluding carboxylic acids is 1. The fourth-order valence-electron chi connectivity index (χ4n) is 3.05. The van der Waals surface area contributed by atoms with Crippen molar-refractivity contribution in [3.63, 3.8) is 0 Å². The van der Waals surface area contributed by atoms with Crippen molar-refractivity contribution in [2.45, 2.75) is 30.7 Å². The zero-order chi connectivity index (χ0) is 19.1. The van der Waals surface area contributed by atoms with E-state index < -0.39 is 21.7 Å². The first-order valence-corrected chi connectivity index (χ1v) is 9.43. The Morgan fingerprint density at radius 2 is 2.19 bits per heavy atom. The number of nitrogens with zero attached hydrogens (tertiary/aromatic N) is 2. The van der Waals surface area contributed by atoms with E-state index in [0.29, 0.717) is 18.4 Å². The summed E-state index contributed by atoms with van der Waals surface area (Å²) in [5.41, 5.74) is 0.742. The highest BCUT2D eigenvalue weighted by Gasteiger charge is 2.31. The molecule has 0 radical (unpaired) electrons. The Morgan fingerprint density at radius 3 is 2.88 bits per heavy atom. The van der Waals surface area contributed by atoms with E-state index >= 15 is 0 Å². The van der Waals surface area contributed by atoms with Gasteiger partial charge in [-0.1, -0.05) is 0 Å². The molecule has 3 rings (SSSR count). The molecular formula is C17H17FN4O3S. The Bertz CT molecular complexity index is 1040. The normalized spacial score (nSPS) is 18.5. The maximum atomic E-state index is 13.4. The predicted molar refractivity (Wildman–Crippen MR) is 92.6 cm³/mol. The smallest absolute Gasteiger partial charge is 0.272 e. The summed E-state index contributed by atoms with van der Waals surface area (Å²) in [6.07, 6.45) is 2.40. The number of aryl methyl sites for hydroxylation is 1. The van der Waals surface area contributed by atoms with Crippen LogP contribution in [0.25, 0.3) is 0 Å². The lowest BCUT2D eigenvalue weighted by Crippen LogP contribution is -2.30. The van der Waals surface area contributed by atoms with Crippen molar-refractivity contribution < 1.29 is 17.6 Å². The molecule has 1 aromatic carbocycles. The average molecular weight is 376 g/mol. The molecule has 0 unspecified atom stereocenters. The van der Waals surface area contributed by atoms with Crippen LogP contribution in [0.5, 0.6) is 0 Å². The van der Waals surface area contributed by atoms with E-state index in [-0.39, 0.29) is 27.9 Å². The molecule has 7 nitrogen and oxygen atoms in total. The maximum Gasteiger partial charge on any atom is 0.272 e. The van der Waals surface area contributed by atoms with Crippen molar-refractivity contribution in [1.82, 2.24) is 9.29 Å². The summed E-state index contributed by atoms with van der Waals surface area (Å²) in [5.74, 6) is -1.20. The number of hydrogen-bond donors (Lipinski definition) is 2. The summed E-state index contributed by atoms with van der Waals surface area (Å²) in [7, 11) is -2.10. The van der Waals surface area contributed by atoms with E-state index in [1.54, 1.807) is 20.0 Å². The quantitative estimate of drug-likeness (QED) is 0.835. The number of halogens is 1. The lowest BCUT2D eigenvalue weighted by molar-refractivity contribution is 0.101. The Hall–Kier alpha value is -2.70. The highest BCUT2D eigenvalue weighted by molar-refractivity contribution is 7.89. The number of hydrogen-bond acceptors (Lipinski definition) is 4. The van der Waals surface area contributed by atoms with Crippen molar-refractivity contribution in [3.8, 4) is 6.07 Å². The van der Waals surface area contributed by atoms with Crippen molar-refractivity contribution in [3.05, 3.63) is 47.0 Å². The van der Waals surface area contributed by atoms with E-state index in [2.05, 4.69) is 10.0 Å². The minimum absolute atomic E-state index is 0.0892. The van der Waals surface area contributed by atoms with E-state index in [1.807, 2.05) is 0 Å². The number of nitriles is 1. The first-order chi connectivity index (χ1) is 12.2. The third kappa shape index (κ3) is 3.21. The fraction of sp³-hybridized carbons (Fsp3) is 0.294. The maximum absolute atomic E-state index is 13.4. The van der Waals surface area contributed by atoms with Crippen LogP contribution in [0.3, 0.4) is 0 Å². The van der Waals surface area contributed by atoms with Crippen LogP contribution in [0, 0.1) is 17.1 Å². The Morgan fingerprint density at radius 1 is 1.46 bits per heavy atom. The average Bonchev–Trinajstić information content (AvgIpc) is 2.86. The lowest BCUT2D eigenvalue weighted by Gasteiger charge is -2.10. The summed E-state index contributed by atoms with van der Waals surface area (Å²) in [4.78, 5) is 12.8. The molecule has 1 aromatic heterocycles. The number of aromatic nitrogens is 1. The number of benzene rings is 1. The monoisotopic (exact) mass is 376 g/mol. The second-order valence-corrected chi connectivity index (χ2v) is 7.94. The molecule has 0 aliphatic carbocycles. The Labute approximate surface area is 150 Å². The van der Waals surface area contributed by atoms with Crippen LogP contribution in [0.1, 0.15) is 35.0 Å². The molecule has 0 bridgehead atoms. The van der Waals surface area contributed by atoms with E-state index in [0.717, 1.165) is 6.07 Å².